The molecule has 0 atom stereocenters. The van der Waals surface area contributed by atoms with Crippen molar-refractivity contribution in [3.05, 3.63) is 48.6 Å². The molecule has 0 spiro atoms. The number of benzene rings is 1. The lowest BCUT2D eigenvalue weighted by Gasteiger charge is -2.04. The van der Waals surface area contributed by atoms with Crippen molar-refractivity contribution in [3.63, 3.8) is 0 Å². The van der Waals surface area contributed by atoms with E-state index in [-0.39, 0.29) is 0 Å². The molecular weight excluding hydrogens is 266 g/mol. The molecule has 0 unspecified atom stereocenters. The molecule has 3 heterocycles. The van der Waals surface area contributed by atoms with Crippen LogP contribution in [0.25, 0.3) is 22.0 Å². The quantitative estimate of drug-likeness (QED) is 0.624. The second kappa shape index (κ2) is 4.59. The lowest BCUT2D eigenvalue weighted by Crippen LogP contribution is -2.01. The van der Waals surface area contributed by atoms with Gasteiger partial charge in [0.15, 0.2) is 5.65 Å². The normalized spacial score (nSPS) is 11.3. The van der Waals surface area contributed by atoms with E-state index in [1.807, 2.05) is 37.4 Å². The standard InChI is InChI=1S/C15H13N5O/c1-20-15-12(8-19-20)14(17-9-18-15)16-7-11-6-10-4-2-3-5-13(10)21-11/h2-6,8-9H,7H2,1H3,(H,16,17,18). The number of anilines is 1. The van der Waals surface area contributed by atoms with Gasteiger partial charge < -0.3 is 9.73 Å². The molecular formula is C15H13N5O. The summed E-state index contributed by atoms with van der Waals surface area (Å²) in [5, 5.41) is 9.48. The third-order valence-corrected chi connectivity index (χ3v) is 3.44. The Morgan fingerprint density at radius 2 is 2.14 bits per heavy atom. The summed E-state index contributed by atoms with van der Waals surface area (Å²) in [4.78, 5) is 8.49. The van der Waals surface area contributed by atoms with Crippen molar-refractivity contribution in [3.8, 4) is 0 Å². The van der Waals surface area contributed by atoms with Crippen LogP contribution < -0.4 is 5.32 Å². The van der Waals surface area contributed by atoms with Crippen LogP contribution in [0.2, 0.25) is 0 Å². The highest BCUT2D eigenvalue weighted by atomic mass is 16.3. The number of aromatic nitrogens is 4. The molecule has 4 rings (SSSR count). The maximum absolute atomic E-state index is 5.78. The topological polar surface area (TPSA) is 68.8 Å². The molecule has 0 fully saturated rings. The molecule has 0 amide bonds. The summed E-state index contributed by atoms with van der Waals surface area (Å²) in [6.07, 6.45) is 3.29. The Balaban J connectivity index is 1.63. The number of fused-ring (bicyclic) bond motifs is 2. The summed E-state index contributed by atoms with van der Waals surface area (Å²) in [7, 11) is 1.86. The van der Waals surface area contributed by atoms with Gasteiger partial charge in [-0.05, 0) is 12.1 Å². The molecule has 1 aromatic carbocycles. The van der Waals surface area contributed by atoms with Crippen LogP contribution >= 0.6 is 0 Å². The highest BCUT2D eigenvalue weighted by molar-refractivity contribution is 5.86. The van der Waals surface area contributed by atoms with E-state index >= 15 is 0 Å². The Hall–Kier alpha value is -2.89. The molecule has 0 radical (unpaired) electrons. The van der Waals surface area contributed by atoms with Gasteiger partial charge in [-0.15, -0.1) is 0 Å². The zero-order valence-corrected chi connectivity index (χ0v) is 11.4. The number of rotatable bonds is 3. The van der Waals surface area contributed by atoms with Gasteiger partial charge in [0.25, 0.3) is 0 Å². The van der Waals surface area contributed by atoms with Crippen LogP contribution in [0.5, 0.6) is 0 Å². The van der Waals surface area contributed by atoms with Gasteiger partial charge in [-0.2, -0.15) is 5.10 Å². The lowest BCUT2D eigenvalue weighted by atomic mass is 10.2. The van der Waals surface area contributed by atoms with Crippen molar-refractivity contribution >= 4 is 27.8 Å². The predicted octanol–water partition coefficient (Wildman–Crippen LogP) is 2.72. The molecule has 104 valence electrons. The summed E-state index contributed by atoms with van der Waals surface area (Å²) in [6, 6.07) is 9.99. The first-order valence-corrected chi connectivity index (χ1v) is 6.65. The van der Waals surface area contributed by atoms with Crippen molar-refractivity contribution in [1.82, 2.24) is 19.7 Å². The lowest BCUT2D eigenvalue weighted by molar-refractivity contribution is 0.559. The highest BCUT2D eigenvalue weighted by Gasteiger charge is 2.08. The Kier molecular flexibility index (Phi) is 2.60. The number of nitrogens with zero attached hydrogens (tertiary/aromatic N) is 4. The van der Waals surface area contributed by atoms with E-state index in [1.165, 1.54) is 6.33 Å². The average Bonchev–Trinajstić information content (AvgIpc) is 3.09. The van der Waals surface area contributed by atoms with Gasteiger partial charge in [0.2, 0.25) is 0 Å². The summed E-state index contributed by atoms with van der Waals surface area (Å²) < 4.78 is 7.51. The molecule has 0 aliphatic rings. The molecule has 0 aliphatic heterocycles. The Morgan fingerprint density at radius 3 is 3.05 bits per heavy atom. The zero-order valence-electron chi connectivity index (χ0n) is 11.4. The van der Waals surface area contributed by atoms with E-state index in [9.17, 15) is 0 Å². The average molecular weight is 279 g/mol. The maximum Gasteiger partial charge on any atom is 0.163 e. The molecule has 3 aromatic heterocycles. The van der Waals surface area contributed by atoms with Gasteiger partial charge in [0, 0.05) is 12.4 Å². The molecule has 21 heavy (non-hydrogen) atoms. The second-order valence-electron chi connectivity index (χ2n) is 4.83. The third-order valence-electron chi connectivity index (χ3n) is 3.44. The molecule has 6 nitrogen and oxygen atoms in total. The van der Waals surface area contributed by atoms with E-state index in [0.29, 0.717) is 6.54 Å². The van der Waals surface area contributed by atoms with Gasteiger partial charge in [-0.1, -0.05) is 18.2 Å². The minimum atomic E-state index is 0.565. The first kappa shape index (κ1) is 11.9. The van der Waals surface area contributed by atoms with Crippen LogP contribution in [0.1, 0.15) is 5.76 Å². The van der Waals surface area contributed by atoms with Crippen molar-refractivity contribution in [2.75, 3.05) is 5.32 Å². The van der Waals surface area contributed by atoms with E-state index in [0.717, 1.165) is 33.6 Å². The SMILES string of the molecule is Cn1ncc2c(NCc3cc4ccccc4o3)ncnc21. The fraction of sp³-hybridized carbons (Fsp3) is 0.133. The first-order valence-electron chi connectivity index (χ1n) is 6.65. The number of hydrogen-bond donors (Lipinski definition) is 1. The van der Waals surface area contributed by atoms with Gasteiger partial charge in [-0.25, -0.2) is 9.97 Å². The Labute approximate surface area is 120 Å². The summed E-state index contributed by atoms with van der Waals surface area (Å²) in [6.45, 7) is 0.565. The largest absolute Gasteiger partial charge is 0.459 e. The number of hydrogen-bond acceptors (Lipinski definition) is 5. The minimum Gasteiger partial charge on any atom is -0.459 e. The third kappa shape index (κ3) is 2.01. The summed E-state index contributed by atoms with van der Waals surface area (Å²) in [5.74, 6) is 1.63. The number of para-hydroxylation sites is 1. The molecule has 6 heteroatoms. The van der Waals surface area contributed by atoms with Gasteiger partial charge in [-0.3, -0.25) is 4.68 Å². The van der Waals surface area contributed by atoms with Crippen molar-refractivity contribution in [2.24, 2.45) is 7.05 Å². The molecule has 0 saturated heterocycles. The van der Waals surface area contributed by atoms with Gasteiger partial charge in [0.05, 0.1) is 18.1 Å². The molecule has 0 bridgehead atoms. The molecule has 1 N–H and O–H groups in total. The van der Waals surface area contributed by atoms with Crippen LogP contribution in [0, 0.1) is 0 Å². The number of aryl methyl sites for hydroxylation is 1. The van der Waals surface area contributed by atoms with Crippen LogP contribution in [-0.2, 0) is 13.6 Å². The fourth-order valence-electron chi connectivity index (χ4n) is 2.40. The number of furan rings is 1. The zero-order chi connectivity index (χ0) is 14.2. The smallest absolute Gasteiger partial charge is 0.163 e. The Morgan fingerprint density at radius 1 is 1.24 bits per heavy atom. The highest BCUT2D eigenvalue weighted by Crippen LogP contribution is 2.21. The van der Waals surface area contributed by atoms with Crippen molar-refractivity contribution < 1.29 is 4.42 Å². The van der Waals surface area contributed by atoms with Gasteiger partial charge >= 0.3 is 0 Å². The molecule has 0 saturated carbocycles. The van der Waals surface area contributed by atoms with Crippen LogP contribution in [0.4, 0.5) is 5.82 Å². The molecule has 4 aromatic rings. The van der Waals surface area contributed by atoms with Crippen LogP contribution in [-0.4, -0.2) is 19.7 Å². The van der Waals surface area contributed by atoms with Gasteiger partial charge in [0.1, 0.15) is 23.5 Å². The van der Waals surface area contributed by atoms with Crippen molar-refractivity contribution in [1.29, 1.82) is 0 Å². The second-order valence-corrected chi connectivity index (χ2v) is 4.83. The fourth-order valence-corrected chi connectivity index (χ4v) is 2.40. The first-order chi connectivity index (χ1) is 10.3. The summed E-state index contributed by atoms with van der Waals surface area (Å²) >= 11 is 0. The predicted molar refractivity (Wildman–Crippen MR) is 79.8 cm³/mol. The van der Waals surface area contributed by atoms with Crippen molar-refractivity contribution in [2.45, 2.75) is 6.54 Å². The monoisotopic (exact) mass is 279 g/mol. The maximum atomic E-state index is 5.78. The molecule has 0 aliphatic carbocycles. The van der Waals surface area contributed by atoms with E-state index in [4.69, 9.17) is 4.42 Å². The Bertz CT molecular complexity index is 891. The van der Waals surface area contributed by atoms with Crippen LogP contribution in [0.3, 0.4) is 0 Å². The number of nitrogens with one attached hydrogen (secondary N) is 1. The van der Waals surface area contributed by atoms with E-state index in [1.54, 1.807) is 10.9 Å². The minimum absolute atomic E-state index is 0.565. The van der Waals surface area contributed by atoms with E-state index < -0.39 is 0 Å². The summed E-state index contributed by atoms with van der Waals surface area (Å²) in [5.41, 5.74) is 1.70. The van der Waals surface area contributed by atoms with Crippen LogP contribution in [0.15, 0.2) is 47.3 Å². The van der Waals surface area contributed by atoms with E-state index in [2.05, 4.69) is 20.4 Å².